The molecule has 0 radical (unpaired) electrons. The van der Waals surface area contributed by atoms with Gasteiger partial charge < -0.3 is 5.32 Å². The maximum atomic E-state index is 13.2. The summed E-state index contributed by atoms with van der Waals surface area (Å²) in [5, 5.41) is 15.4. The molecule has 0 aliphatic carbocycles. The van der Waals surface area contributed by atoms with E-state index < -0.39 is 12.0 Å². The number of amides is 1. The number of hydrogen-bond acceptors (Lipinski definition) is 5. The zero-order chi connectivity index (χ0) is 19.0. The summed E-state index contributed by atoms with van der Waals surface area (Å²) in [6.07, 6.45) is 0. The lowest BCUT2D eigenvalue weighted by molar-refractivity contribution is -0.118. The van der Waals surface area contributed by atoms with Crippen LogP contribution in [-0.2, 0) is 4.79 Å². The van der Waals surface area contributed by atoms with Crippen LogP contribution in [0.2, 0.25) is 5.02 Å². The van der Waals surface area contributed by atoms with E-state index >= 15 is 0 Å². The summed E-state index contributed by atoms with van der Waals surface area (Å²) in [7, 11) is 0. The van der Waals surface area contributed by atoms with Gasteiger partial charge in [0.15, 0.2) is 0 Å². The van der Waals surface area contributed by atoms with Crippen molar-refractivity contribution in [2.75, 3.05) is 5.32 Å². The molecule has 3 aromatic rings. The van der Waals surface area contributed by atoms with Crippen molar-refractivity contribution < 1.29 is 4.79 Å². The maximum Gasteiger partial charge on any atom is 0.269 e. The van der Waals surface area contributed by atoms with E-state index in [4.69, 9.17) is 11.6 Å². The number of fused-ring (bicyclic) bond motifs is 1. The van der Waals surface area contributed by atoms with Crippen LogP contribution in [0.3, 0.4) is 0 Å². The molecule has 1 aliphatic rings. The largest absolute Gasteiger partial charge is 0.325 e. The van der Waals surface area contributed by atoms with Gasteiger partial charge >= 0.3 is 0 Å². The zero-order valence-electron chi connectivity index (χ0n) is 14.8. The van der Waals surface area contributed by atoms with Crippen molar-refractivity contribution in [3.8, 4) is 0 Å². The molecule has 27 heavy (non-hydrogen) atoms. The summed E-state index contributed by atoms with van der Waals surface area (Å²) >= 11 is 6.03. The normalized spacial score (nSPS) is 18.6. The van der Waals surface area contributed by atoms with Crippen molar-refractivity contribution in [1.29, 1.82) is 0 Å². The smallest absolute Gasteiger partial charge is 0.269 e. The lowest BCUT2D eigenvalue weighted by Crippen LogP contribution is -2.39. The molecule has 2 heterocycles. The molecule has 0 bridgehead atoms. The molecule has 0 fully saturated rings. The fourth-order valence-electron chi connectivity index (χ4n) is 3.29. The minimum Gasteiger partial charge on any atom is -0.325 e. The van der Waals surface area contributed by atoms with Crippen molar-refractivity contribution in [1.82, 2.24) is 20.2 Å². The first kappa shape index (κ1) is 17.4. The lowest BCUT2D eigenvalue weighted by atomic mass is 9.87. The van der Waals surface area contributed by atoms with Crippen LogP contribution in [0.4, 0.5) is 11.6 Å². The lowest BCUT2D eigenvalue weighted by Gasteiger charge is -2.30. The van der Waals surface area contributed by atoms with Crippen LogP contribution in [0.25, 0.3) is 0 Å². The fraction of sp³-hybridized carbons (Fsp3) is 0.211. The number of carbonyl (C=O) groups is 1. The number of anilines is 1. The summed E-state index contributed by atoms with van der Waals surface area (Å²) < 4.78 is 1.58. The quantitative estimate of drug-likeness (QED) is 0.752. The van der Waals surface area contributed by atoms with Crippen LogP contribution in [0, 0.1) is 12.8 Å². The number of tetrazole rings is 1. The Morgan fingerprint density at radius 1 is 1.11 bits per heavy atom. The number of nitrogens with zero attached hydrogens (tertiary/aromatic N) is 5. The van der Waals surface area contributed by atoms with Gasteiger partial charge in [0.25, 0.3) is 5.95 Å². The Labute approximate surface area is 161 Å². The molecule has 136 valence electrons. The molecule has 8 heteroatoms. The summed E-state index contributed by atoms with van der Waals surface area (Å²) in [6.45, 7) is 3.77. The van der Waals surface area contributed by atoms with Crippen LogP contribution in [-0.4, -0.2) is 31.8 Å². The summed E-state index contributed by atoms with van der Waals surface area (Å²) in [5.74, 6) is -0.333. The molecule has 1 aromatic heterocycles. The highest BCUT2D eigenvalue weighted by atomic mass is 35.5. The third-order valence-corrected chi connectivity index (χ3v) is 4.93. The number of nitrogens with one attached hydrogen (secondary N) is 1. The molecule has 0 spiro atoms. The number of benzene rings is 2. The number of rotatable bonds is 3. The fourth-order valence-corrected chi connectivity index (χ4v) is 3.42. The molecule has 2 aromatic carbocycles. The summed E-state index contributed by atoms with van der Waals surface area (Å²) in [4.78, 5) is 17.6. The number of aromatic nitrogens is 4. The monoisotopic (exact) mass is 380 g/mol. The van der Waals surface area contributed by atoms with E-state index in [2.05, 4.69) is 25.8 Å². The minimum absolute atomic E-state index is 0.161. The maximum absolute atomic E-state index is 13.2. The van der Waals surface area contributed by atoms with E-state index in [1.807, 2.05) is 50.2 Å². The van der Waals surface area contributed by atoms with E-state index in [1.165, 1.54) is 0 Å². The highest BCUT2D eigenvalue weighted by Gasteiger charge is 2.39. The molecule has 0 saturated carbocycles. The second kappa shape index (κ2) is 6.92. The van der Waals surface area contributed by atoms with Crippen LogP contribution in [0.1, 0.15) is 24.1 Å². The predicted molar refractivity (Wildman–Crippen MR) is 103 cm³/mol. The highest BCUT2D eigenvalue weighted by molar-refractivity contribution is 6.30. The number of aryl methyl sites for hydroxylation is 1. The highest BCUT2D eigenvalue weighted by Crippen LogP contribution is 2.35. The van der Waals surface area contributed by atoms with Gasteiger partial charge in [-0.05, 0) is 53.6 Å². The average molecular weight is 381 g/mol. The van der Waals surface area contributed by atoms with Gasteiger partial charge in [-0.1, -0.05) is 47.0 Å². The van der Waals surface area contributed by atoms with Gasteiger partial charge in [-0.2, -0.15) is 0 Å². The van der Waals surface area contributed by atoms with Crippen molar-refractivity contribution in [2.45, 2.75) is 19.9 Å². The average Bonchev–Trinajstić information content (AvgIpc) is 3.11. The Morgan fingerprint density at radius 2 is 1.85 bits per heavy atom. The van der Waals surface area contributed by atoms with E-state index in [9.17, 15) is 4.79 Å². The van der Waals surface area contributed by atoms with Crippen LogP contribution >= 0.6 is 11.6 Å². The molecule has 7 nitrogen and oxygen atoms in total. The van der Waals surface area contributed by atoms with E-state index in [-0.39, 0.29) is 5.91 Å². The van der Waals surface area contributed by atoms with Crippen molar-refractivity contribution in [2.24, 2.45) is 10.9 Å². The molecular formula is C19H17ClN6O. The van der Waals surface area contributed by atoms with Crippen LogP contribution in [0.15, 0.2) is 53.5 Å². The molecule has 2 atom stereocenters. The van der Waals surface area contributed by atoms with Gasteiger partial charge in [-0.3, -0.25) is 4.79 Å². The summed E-state index contributed by atoms with van der Waals surface area (Å²) in [6, 6.07) is 14.6. The Hall–Kier alpha value is -3.06. The van der Waals surface area contributed by atoms with E-state index in [0.29, 0.717) is 16.7 Å². The van der Waals surface area contributed by atoms with Crippen LogP contribution < -0.4 is 5.32 Å². The second-order valence-corrected chi connectivity index (χ2v) is 6.89. The van der Waals surface area contributed by atoms with Crippen molar-refractivity contribution in [3.63, 3.8) is 0 Å². The summed E-state index contributed by atoms with van der Waals surface area (Å²) in [5.41, 5.74) is 3.30. The van der Waals surface area contributed by atoms with Gasteiger partial charge in [0, 0.05) is 16.4 Å². The third-order valence-electron chi connectivity index (χ3n) is 4.68. The number of para-hydroxylation sites is 1. The Kier molecular flexibility index (Phi) is 4.45. The van der Waals surface area contributed by atoms with Crippen LogP contribution in [0.5, 0.6) is 0 Å². The van der Waals surface area contributed by atoms with E-state index in [1.54, 1.807) is 16.8 Å². The number of aliphatic imine (C=N–C) groups is 1. The van der Waals surface area contributed by atoms with Gasteiger partial charge in [0.05, 0.1) is 6.04 Å². The molecule has 2 unspecified atom stereocenters. The third kappa shape index (κ3) is 3.21. The first-order chi connectivity index (χ1) is 13.0. The first-order valence-corrected chi connectivity index (χ1v) is 8.87. The molecule has 4 rings (SSSR count). The van der Waals surface area contributed by atoms with Gasteiger partial charge in [0.2, 0.25) is 5.91 Å². The topological polar surface area (TPSA) is 85.1 Å². The van der Waals surface area contributed by atoms with Crippen molar-refractivity contribution in [3.05, 3.63) is 64.7 Å². The molecule has 0 saturated heterocycles. The molecule has 1 N–H and O–H groups in total. The SMILES string of the molecule is CC1=Nc2nnnn2C(c2ccc(Cl)cc2)C1C(=O)Nc1ccccc1C. The zero-order valence-corrected chi connectivity index (χ0v) is 15.6. The standard InChI is InChI=1S/C19H17ClN6O/c1-11-5-3-4-6-15(11)22-18(27)16-12(2)21-19-23-24-25-26(19)17(16)13-7-9-14(20)10-8-13/h3-10,16-17H,1-2H3,(H,22,27). The molecule has 1 amide bonds. The minimum atomic E-state index is -0.554. The number of carbonyl (C=O) groups excluding carboxylic acids is 1. The second-order valence-electron chi connectivity index (χ2n) is 6.45. The van der Waals surface area contributed by atoms with Gasteiger partial charge in [0.1, 0.15) is 5.92 Å². The molecular weight excluding hydrogens is 364 g/mol. The van der Waals surface area contributed by atoms with E-state index in [0.717, 1.165) is 16.8 Å². The van der Waals surface area contributed by atoms with Gasteiger partial charge in [-0.15, -0.1) is 0 Å². The Balaban J connectivity index is 1.75. The Bertz CT molecular complexity index is 1030. The molecule has 1 aliphatic heterocycles. The van der Waals surface area contributed by atoms with Gasteiger partial charge in [-0.25, -0.2) is 9.67 Å². The number of hydrogen-bond donors (Lipinski definition) is 1. The van der Waals surface area contributed by atoms with Crippen molar-refractivity contribution >= 4 is 34.9 Å². The Morgan fingerprint density at radius 3 is 2.59 bits per heavy atom. The first-order valence-electron chi connectivity index (χ1n) is 8.49. The number of halogens is 1. The predicted octanol–water partition coefficient (Wildman–Crippen LogP) is 3.59.